The predicted molar refractivity (Wildman–Crippen MR) is 107 cm³/mol. The fourth-order valence-electron chi connectivity index (χ4n) is 3.83. The lowest BCUT2D eigenvalue weighted by Crippen LogP contribution is -2.34. The molecule has 0 radical (unpaired) electrons. The van der Waals surface area contributed by atoms with Crippen molar-refractivity contribution >= 4 is 28.6 Å². The number of benzene rings is 1. The van der Waals surface area contributed by atoms with Crippen molar-refractivity contribution in [1.82, 2.24) is 15.0 Å². The minimum absolute atomic E-state index is 0.225. The second-order valence-corrected chi connectivity index (χ2v) is 7.85. The number of aliphatic hydroxyl groups excluding tert-OH is 1. The number of halogens is 2. The van der Waals surface area contributed by atoms with E-state index in [0.29, 0.717) is 34.2 Å². The molecule has 5 rings (SSSR count). The number of aromatic amines is 1. The summed E-state index contributed by atoms with van der Waals surface area (Å²) in [6.07, 6.45) is -1.76. The monoisotopic (exact) mass is 434 g/mol. The van der Waals surface area contributed by atoms with Gasteiger partial charge in [0.1, 0.15) is 29.9 Å². The molecular formula is C20H20ClFN4O4. The highest BCUT2D eigenvalue weighted by molar-refractivity contribution is 6.33. The molecular weight excluding hydrogens is 415 g/mol. The maximum atomic E-state index is 14.1. The van der Waals surface area contributed by atoms with Gasteiger partial charge in [-0.05, 0) is 24.6 Å². The van der Waals surface area contributed by atoms with Gasteiger partial charge in [0.2, 0.25) is 0 Å². The summed E-state index contributed by atoms with van der Waals surface area (Å²) in [5, 5.41) is 13.3. The standard InChI is InChI=1S/C20H20ClFN4O4/c1-9-3-2-4-12(22)10(9)6-23-18-11(21)5-13-19(25-18)26-20(24-13)30-15-8-29-16-14(27)7-28-17(15)16/h2-5,14-17,27H,6-8H2,1H3,(H2,23,24,25,26)/t14-,15-,16-,17-/m1/s1. The maximum absolute atomic E-state index is 14.1. The van der Waals surface area contributed by atoms with E-state index in [9.17, 15) is 9.50 Å². The Hall–Kier alpha value is -2.46. The molecule has 2 aromatic heterocycles. The van der Waals surface area contributed by atoms with Crippen LogP contribution in [0.3, 0.4) is 0 Å². The molecule has 0 saturated carbocycles. The van der Waals surface area contributed by atoms with Crippen molar-refractivity contribution in [2.24, 2.45) is 0 Å². The van der Waals surface area contributed by atoms with Crippen LogP contribution in [0.15, 0.2) is 24.3 Å². The third-order valence-corrected chi connectivity index (χ3v) is 5.72. The van der Waals surface area contributed by atoms with Crippen LogP contribution in [0.5, 0.6) is 6.01 Å². The van der Waals surface area contributed by atoms with E-state index in [0.717, 1.165) is 5.56 Å². The average molecular weight is 435 g/mol. The molecule has 2 fully saturated rings. The number of nitrogens with one attached hydrogen (secondary N) is 2. The number of imidazole rings is 1. The molecule has 30 heavy (non-hydrogen) atoms. The molecule has 4 heterocycles. The Morgan fingerprint density at radius 1 is 1.30 bits per heavy atom. The molecule has 0 spiro atoms. The van der Waals surface area contributed by atoms with Gasteiger partial charge in [0.25, 0.3) is 6.01 Å². The summed E-state index contributed by atoms with van der Waals surface area (Å²) in [6, 6.07) is 6.88. The fourth-order valence-corrected chi connectivity index (χ4v) is 4.04. The molecule has 2 aliphatic rings. The SMILES string of the molecule is Cc1cccc(F)c1CNc1nc2nc(O[C@@H]3CO[C@H]4[C@@H]3OC[C@H]4O)[nH]c2cc1Cl. The first-order chi connectivity index (χ1) is 14.5. The maximum Gasteiger partial charge on any atom is 0.296 e. The van der Waals surface area contributed by atoms with Crippen molar-refractivity contribution in [2.75, 3.05) is 18.5 Å². The van der Waals surface area contributed by atoms with Crippen molar-refractivity contribution in [3.8, 4) is 6.01 Å². The summed E-state index contributed by atoms with van der Waals surface area (Å²) < 4.78 is 31.1. The molecule has 0 unspecified atom stereocenters. The first kappa shape index (κ1) is 19.5. The van der Waals surface area contributed by atoms with Gasteiger partial charge in [0.15, 0.2) is 11.8 Å². The number of pyridine rings is 1. The van der Waals surface area contributed by atoms with E-state index in [1.54, 1.807) is 12.1 Å². The zero-order valence-electron chi connectivity index (χ0n) is 16.1. The molecule has 2 aliphatic heterocycles. The second kappa shape index (κ2) is 7.66. The van der Waals surface area contributed by atoms with Gasteiger partial charge in [0.05, 0.1) is 23.8 Å². The summed E-state index contributed by atoms with van der Waals surface area (Å²) in [5.41, 5.74) is 2.40. The van der Waals surface area contributed by atoms with Gasteiger partial charge in [-0.25, -0.2) is 9.37 Å². The first-order valence-electron chi connectivity index (χ1n) is 9.61. The zero-order valence-corrected chi connectivity index (χ0v) is 16.8. The van der Waals surface area contributed by atoms with Crippen LogP contribution < -0.4 is 10.1 Å². The van der Waals surface area contributed by atoms with Crippen LogP contribution in [0, 0.1) is 12.7 Å². The molecule has 8 nitrogen and oxygen atoms in total. The summed E-state index contributed by atoms with van der Waals surface area (Å²) >= 11 is 6.34. The Morgan fingerprint density at radius 3 is 2.97 bits per heavy atom. The second-order valence-electron chi connectivity index (χ2n) is 7.44. The number of aromatic nitrogens is 3. The smallest absolute Gasteiger partial charge is 0.296 e. The van der Waals surface area contributed by atoms with Gasteiger partial charge in [-0.3, -0.25) is 0 Å². The van der Waals surface area contributed by atoms with Crippen LogP contribution in [0.25, 0.3) is 11.2 Å². The topological polar surface area (TPSA) is 102 Å². The quantitative estimate of drug-likeness (QED) is 0.567. The Labute approximate surface area is 176 Å². The van der Waals surface area contributed by atoms with E-state index in [1.807, 2.05) is 13.0 Å². The van der Waals surface area contributed by atoms with Crippen LogP contribution >= 0.6 is 11.6 Å². The summed E-state index contributed by atoms with van der Waals surface area (Å²) in [5.74, 6) is 0.114. The Balaban J connectivity index is 1.33. The van der Waals surface area contributed by atoms with Crippen LogP contribution in [0.2, 0.25) is 5.02 Å². The number of ether oxygens (including phenoxy) is 3. The third kappa shape index (κ3) is 3.47. The summed E-state index contributed by atoms with van der Waals surface area (Å²) in [4.78, 5) is 11.8. The van der Waals surface area contributed by atoms with Crippen LogP contribution in [0.1, 0.15) is 11.1 Å². The summed E-state index contributed by atoms with van der Waals surface area (Å²) in [6.45, 7) is 2.61. The highest BCUT2D eigenvalue weighted by Gasteiger charge is 2.48. The van der Waals surface area contributed by atoms with Crippen LogP contribution in [-0.2, 0) is 16.0 Å². The zero-order chi connectivity index (χ0) is 20.8. The number of rotatable bonds is 5. The molecule has 158 valence electrons. The summed E-state index contributed by atoms with van der Waals surface area (Å²) in [7, 11) is 0. The molecule has 10 heteroatoms. The Bertz CT molecular complexity index is 1070. The number of aliphatic hydroxyl groups is 1. The molecule has 1 aromatic carbocycles. The van der Waals surface area contributed by atoms with Gasteiger partial charge in [-0.2, -0.15) is 4.98 Å². The number of hydrogen-bond acceptors (Lipinski definition) is 7. The Kier molecular flexibility index (Phi) is 4.98. The molecule has 0 aliphatic carbocycles. The van der Waals surface area contributed by atoms with E-state index < -0.39 is 6.10 Å². The molecule has 3 N–H and O–H groups in total. The van der Waals surface area contributed by atoms with Gasteiger partial charge < -0.3 is 29.6 Å². The minimum atomic E-state index is -0.647. The molecule has 3 aromatic rings. The van der Waals surface area contributed by atoms with E-state index in [-0.39, 0.29) is 43.3 Å². The number of anilines is 1. The van der Waals surface area contributed by atoms with Crippen LogP contribution in [0.4, 0.5) is 10.2 Å². The lowest BCUT2D eigenvalue weighted by atomic mass is 10.1. The third-order valence-electron chi connectivity index (χ3n) is 5.44. The highest BCUT2D eigenvalue weighted by atomic mass is 35.5. The van der Waals surface area contributed by atoms with Gasteiger partial charge >= 0.3 is 0 Å². The number of aryl methyl sites for hydroxylation is 1. The number of fused-ring (bicyclic) bond motifs is 2. The van der Waals surface area contributed by atoms with E-state index in [1.165, 1.54) is 6.07 Å². The Morgan fingerprint density at radius 2 is 2.13 bits per heavy atom. The average Bonchev–Trinajstić information content (AvgIpc) is 3.39. The lowest BCUT2D eigenvalue weighted by Gasteiger charge is -2.15. The number of nitrogens with zero attached hydrogens (tertiary/aromatic N) is 2. The molecule has 2 saturated heterocycles. The highest BCUT2D eigenvalue weighted by Crippen LogP contribution is 2.31. The molecule has 4 atom stereocenters. The van der Waals surface area contributed by atoms with Crippen LogP contribution in [-0.4, -0.2) is 57.7 Å². The first-order valence-corrected chi connectivity index (χ1v) is 9.99. The number of H-pyrrole nitrogens is 1. The van der Waals surface area contributed by atoms with Crippen molar-refractivity contribution in [3.05, 3.63) is 46.2 Å². The van der Waals surface area contributed by atoms with E-state index in [4.69, 9.17) is 25.8 Å². The minimum Gasteiger partial charge on any atom is -0.456 e. The van der Waals surface area contributed by atoms with Gasteiger partial charge in [-0.15, -0.1) is 0 Å². The lowest BCUT2D eigenvalue weighted by molar-refractivity contribution is 0.00706. The van der Waals surface area contributed by atoms with Crippen molar-refractivity contribution < 1.29 is 23.7 Å². The number of hydrogen-bond donors (Lipinski definition) is 3. The van der Waals surface area contributed by atoms with Gasteiger partial charge in [0, 0.05) is 12.1 Å². The normalized spacial score (nSPS) is 25.6. The fraction of sp³-hybridized carbons (Fsp3) is 0.400. The predicted octanol–water partition coefficient (Wildman–Crippen LogP) is 2.58. The van der Waals surface area contributed by atoms with Crippen molar-refractivity contribution in [1.29, 1.82) is 0 Å². The van der Waals surface area contributed by atoms with Crippen molar-refractivity contribution in [3.63, 3.8) is 0 Å². The van der Waals surface area contributed by atoms with Gasteiger partial charge in [-0.1, -0.05) is 23.7 Å². The van der Waals surface area contributed by atoms with E-state index >= 15 is 0 Å². The molecule has 0 amide bonds. The van der Waals surface area contributed by atoms with Crippen molar-refractivity contribution in [2.45, 2.75) is 37.9 Å². The molecule has 0 bridgehead atoms. The largest absolute Gasteiger partial charge is 0.456 e. The van der Waals surface area contributed by atoms with E-state index in [2.05, 4.69) is 20.3 Å².